The van der Waals surface area contributed by atoms with Crippen molar-refractivity contribution in [1.29, 1.82) is 0 Å². The molecule has 1 saturated carbocycles. The number of carbonyl (C=O) groups excluding carboxylic acids is 1. The second-order valence-corrected chi connectivity index (χ2v) is 9.14. The van der Waals surface area contributed by atoms with E-state index < -0.39 is 0 Å². The van der Waals surface area contributed by atoms with Gasteiger partial charge in [0.1, 0.15) is 0 Å². The number of carbonyl (C=O) groups is 1. The van der Waals surface area contributed by atoms with Gasteiger partial charge in [0.2, 0.25) is 5.91 Å². The van der Waals surface area contributed by atoms with Crippen molar-refractivity contribution in [1.82, 2.24) is 20.1 Å². The van der Waals surface area contributed by atoms with Gasteiger partial charge in [-0.2, -0.15) is 0 Å². The Balaban J connectivity index is 1.66. The molecule has 1 heterocycles. The molecule has 1 aromatic heterocycles. The summed E-state index contributed by atoms with van der Waals surface area (Å²) in [6, 6.07) is 8.32. The van der Waals surface area contributed by atoms with Crippen LogP contribution in [0.3, 0.4) is 0 Å². The van der Waals surface area contributed by atoms with Crippen LogP contribution in [0.2, 0.25) is 0 Å². The second kappa shape index (κ2) is 10.1. The maximum Gasteiger partial charge on any atom is 0.233 e. The molecule has 1 fully saturated rings. The van der Waals surface area contributed by atoms with Gasteiger partial charge in [-0.25, -0.2) is 0 Å². The van der Waals surface area contributed by atoms with Gasteiger partial charge in [0.05, 0.1) is 5.25 Å². The maximum absolute atomic E-state index is 12.6. The van der Waals surface area contributed by atoms with Gasteiger partial charge in [-0.1, -0.05) is 61.7 Å². The molecular weight excluding hydrogens is 368 g/mol. The molecule has 28 heavy (non-hydrogen) atoms. The minimum Gasteiger partial charge on any atom is -0.355 e. The summed E-state index contributed by atoms with van der Waals surface area (Å²) in [5.41, 5.74) is 2.27. The molecule has 0 bridgehead atoms. The normalized spacial score (nSPS) is 16.1. The van der Waals surface area contributed by atoms with E-state index in [-0.39, 0.29) is 11.2 Å². The van der Waals surface area contributed by atoms with Crippen LogP contribution >= 0.6 is 11.8 Å². The molecule has 0 aliphatic heterocycles. The Morgan fingerprint density at radius 3 is 2.79 bits per heavy atom. The van der Waals surface area contributed by atoms with Crippen LogP contribution in [-0.2, 0) is 11.3 Å². The molecule has 0 saturated heterocycles. The van der Waals surface area contributed by atoms with Crippen LogP contribution in [0.25, 0.3) is 11.4 Å². The lowest BCUT2D eigenvalue weighted by molar-refractivity contribution is -0.120. The minimum atomic E-state index is -0.186. The summed E-state index contributed by atoms with van der Waals surface area (Å²) in [6.07, 6.45) is 7.41. The summed E-state index contributed by atoms with van der Waals surface area (Å²) in [5, 5.41) is 12.6. The van der Waals surface area contributed by atoms with E-state index in [0.717, 1.165) is 36.1 Å². The monoisotopic (exact) mass is 400 g/mol. The third-order valence-corrected chi connectivity index (χ3v) is 6.46. The Hall–Kier alpha value is -1.82. The van der Waals surface area contributed by atoms with E-state index in [9.17, 15) is 4.79 Å². The smallest absolute Gasteiger partial charge is 0.233 e. The average Bonchev–Trinajstić information content (AvgIpc) is 3.09. The minimum absolute atomic E-state index is 0.0960. The number of benzene rings is 1. The first-order valence-electron chi connectivity index (χ1n) is 10.5. The first-order valence-corrected chi connectivity index (χ1v) is 11.4. The lowest BCUT2D eigenvalue weighted by Crippen LogP contribution is -2.35. The van der Waals surface area contributed by atoms with Gasteiger partial charge >= 0.3 is 0 Å². The number of aromatic nitrogens is 3. The molecule has 1 unspecified atom stereocenters. The van der Waals surface area contributed by atoms with E-state index >= 15 is 0 Å². The summed E-state index contributed by atoms with van der Waals surface area (Å²) in [5.74, 6) is 1.62. The van der Waals surface area contributed by atoms with Crippen molar-refractivity contribution in [2.24, 2.45) is 5.92 Å². The van der Waals surface area contributed by atoms with Gasteiger partial charge in [0.15, 0.2) is 11.0 Å². The Morgan fingerprint density at radius 1 is 1.29 bits per heavy atom. The van der Waals surface area contributed by atoms with Gasteiger partial charge in [-0.15, -0.1) is 10.2 Å². The average molecular weight is 401 g/mol. The molecule has 1 aromatic carbocycles. The standard InChI is InChI=1S/C22H32N4OS/c1-4-13-26-20(19-12-8-9-16(2)14-19)24-25-22(26)28-17(3)21(27)23-15-18-10-6-5-7-11-18/h8-9,12,14,17-18H,4-7,10-11,13,15H2,1-3H3,(H,23,27). The molecule has 0 spiro atoms. The summed E-state index contributed by atoms with van der Waals surface area (Å²) in [4.78, 5) is 12.6. The zero-order chi connectivity index (χ0) is 19.9. The van der Waals surface area contributed by atoms with Gasteiger partial charge in [0, 0.05) is 18.7 Å². The molecule has 1 atom stereocenters. The van der Waals surface area contributed by atoms with Crippen molar-refractivity contribution >= 4 is 17.7 Å². The number of thioether (sulfide) groups is 1. The van der Waals surface area contributed by atoms with Gasteiger partial charge in [-0.3, -0.25) is 4.79 Å². The predicted molar refractivity (Wildman–Crippen MR) is 115 cm³/mol. The number of hydrogen-bond donors (Lipinski definition) is 1. The number of hydrogen-bond acceptors (Lipinski definition) is 4. The molecule has 1 N–H and O–H groups in total. The van der Waals surface area contributed by atoms with Crippen LogP contribution in [0, 0.1) is 12.8 Å². The van der Waals surface area contributed by atoms with Crippen LogP contribution in [0.1, 0.15) is 57.9 Å². The van der Waals surface area contributed by atoms with Gasteiger partial charge in [-0.05, 0) is 45.1 Å². The highest BCUT2D eigenvalue weighted by atomic mass is 32.2. The summed E-state index contributed by atoms with van der Waals surface area (Å²) < 4.78 is 2.14. The molecule has 3 rings (SSSR count). The van der Waals surface area contributed by atoms with E-state index in [1.54, 1.807) is 0 Å². The van der Waals surface area contributed by atoms with E-state index in [1.807, 2.05) is 13.0 Å². The molecule has 6 heteroatoms. The molecule has 1 amide bonds. The predicted octanol–water partition coefficient (Wildman–Crippen LogP) is 4.84. The number of nitrogens with one attached hydrogen (secondary N) is 1. The molecule has 5 nitrogen and oxygen atoms in total. The van der Waals surface area contributed by atoms with E-state index in [2.05, 4.69) is 52.1 Å². The van der Waals surface area contributed by atoms with Crippen molar-refractivity contribution in [3.8, 4) is 11.4 Å². The SMILES string of the molecule is CCCn1c(SC(C)C(=O)NCC2CCCCC2)nnc1-c1cccc(C)c1. The van der Waals surface area contributed by atoms with Gasteiger partial charge < -0.3 is 9.88 Å². The zero-order valence-corrected chi connectivity index (χ0v) is 18.1. The number of nitrogens with zero attached hydrogens (tertiary/aromatic N) is 3. The van der Waals surface area contributed by atoms with Crippen molar-refractivity contribution in [2.45, 2.75) is 76.2 Å². The topological polar surface area (TPSA) is 59.8 Å². The zero-order valence-electron chi connectivity index (χ0n) is 17.3. The largest absolute Gasteiger partial charge is 0.355 e. The van der Waals surface area contributed by atoms with Crippen LogP contribution < -0.4 is 5.32 Å². The van der Waals surface area contributed by atoms with Crippen LogP contribution in [0.15, 0.2) is 29.4 Å². The lowest BCUT2D eigenvalue weighted by atomic mass is 9.89. The fourth-order valence-corrected chi connectivity index (χ4v) is 4.69. The Bertz CT molecular complexity index is 783. The fourth-order valence-electron chi connectivity index (χ4n) is 3.79. The van der Waals surface area contributed by atoms with Crippen LogP contribution in [-0.4, -0.2) is 32.5 Å². The Morgan fingerprint density at radius 2 is 2.07 bits per heavy atom. The number of rotatable bonds is 8. The number of amides is 1. The molecule has 0 radical (unpaired) electrons. The van der Waals surface area contributed by atoms with Crippen molar-refractivity contribution in [3.63, 3.8) is 0 Å². The highest BCUT2D eigenvalue weighted by Gasteiger charge is 2.22. The van der Waals surface area contributed by atoms with Crippen LogP contribution in [0.5, 0.6) is 0 Å². The van der Waals surface area contributed by atoms with E-state index in [4.69, 9.17) is 0 Å². The van der Waals surface area contributed by atoms with Gasteiger partial charge in [0.25, 0.3) is 0 Å². The first kappa shape index (κ1) is 20.9. The summed E-state index contributed by atoms with van der Waals surface area (Å²) >= 11 is 1.50. The first-order chi connectivity index (χ1) is 13.6. The van der Waals surface area contributed by atoms with Crippen LogP contribution in [0.4, 0.5) is 0 Å². The van der Waals surface area contributed by atoms with Crippen molar-refractivity contribution < 1.29 is 4.79 Å². The lowest BCUT2D eigenvalue weighted by Gasteiger charge is -2.22. The Labute approximate surface area is 172 Å². The number of aryl methyl sites for hydroxylation is 1. The third-order valence-electron chi connectivity index (χ3n) is 5.38. The van der Waals surface area contributed by atoms with Crippen molar-refractivity contribution in [3.05, 3.63) is 29.8 Å². The van der Waals surface area contributed by atoms with E-state index in [0.29, 0.717) is 5.92 Å². The molecule has 1 aliphatic carbocycles. The molecule has 2 aromatic rings. The fraction of sp³-hybridized carbons (Fsp3) is 0.591. The maximum atomic E-state index is 12.6. The molecule has 152 valence electrons. The highest BCUT2D eigenvalue weighted by Crippen LogP contribution is 2.28. The molecule has 1 aliphatic rings. The summed E-state index contributed by atoms with van der Waals surface area (Å²) in [7, 11) is 0. The highest BCUT2D eigenvalue weighted by molar-refractivity contribution is 8.00. The molecular formula is C22H32N4OS. The Kier molecular flexibility index (Phi) is 7.54. The second-order valence-electron chi connectivity index (χ2n) is 7.84. The van der Waals surface area contributed by atoms with Crippen molar-refractivity contribution in [2.75, 3.05) is 6.54 Å². The third kappa shape index (κ3) is 5.37. The summed E-state index contributed by atoms with van der Waals surface area (Å²) in [6.45, 7) is 7.83. The van der Waals surface area contributed by atoms with E-state index in [1.165, 1.54) is 49.4 Å². The quantitative estimate of drug-likeness (QED) is 0.644.